The molecule has 3 N–H and O–H groups in total. The zero-order valence-corrected chi connectivity index (χ0v) is 21.0. The lowest BCUT2D eigenvalue weighted by Gasteiger charge is -2.65. The molecule has 1 heterocycles. The van der Waals surface area contributed by atoms with Gasteiger partial charge in [-0.3, -0.25) is 4.79 Å². The van der Waals surface area contributed by atoms with Crippen molar-refractivity contribution < 1.29 is 13.9 Å². The van der Waals surface area contributed by atoms with Crippen LogP contribution in [0.3, 0.4) is 0 Å². The number of hydrogen-bond donors (Lipinski definition) is 3. The summed E-state index contributed by atoms with van der Waals surface area (Å²) in [5.41, 5.74) is 0.701. The molecule has 11 heteroatoms. The van der Waals surface area contributed by atoms with Gasteiger partial charge in [0.1, 0.15) is 28.9 Å². The Balaban J connectivity index is 1.63. The van der Waals surface area contributed by atoms with Crippen LogP contribution in [0.15, 0.2) is 31.0 Å². The van der Waals surface area contributed by atoms with Gasteiger partial charge in [0.15, 0.2) is 0 Å². The Bertz CT molecular complexity index is 1210. The van der Waals surface area contributed by atoms with Gasteiger partial charge < -0.3 is 30.5 Å². The maximum absolute atomic E-state index is 14.0. The number of hydrogen-bond acceptors (Lipinski definition) is 9. The van der Waals surface area contributed by atoms with Crippen LogP contribution in [0.2, 0.25) is 0 Å². The average Bonchev–Trinajstić information content (AvgIpc) is 2.81. The highest BCUT2D eigenvalue weighted by atomic mass is 19.1. The maximum atomic E-state index is 14.0. The second kappa shape index (κ2) is 9.62. The van der Waals surface area contributed by atoms with Crippen molar-refractivity contribution in [3.05, 3.63) is 36.5 Å². The Morgan fingerprint density at radius 3 is 2.58 bits per heavy atom. The van der Waals surface area contributed by atoms with Crippen LogP contribution >= 0.6 is 0 Å². The molecule has 0 spiro atoms. The molecule has 36 heavy (non-hydrogen) atoms. The van der Waals surface area contributed by atoms with E-state index in [1.165, 1.54) is 12.3 Å². The van der Waals surface area contributed by atoms with Crippen molar-refractivity contribution in [2.75, 3.05) is 62.2 Å². The summed E-state index contributed by atoms with van der Waals surface area (Å²) in [6.07, 6.45) is 3.88. The first-order valence-corrected chi connectivity index (χ1v) is 11.6. The van der Waals surface area contributed by atoms with E-state index in [2.05, 4.69) is 43.5 Å². The molecule has 3 saturated carbocycles. The number of carbonyl (C=O) groups excluding carboxylic acids is 1. The number of halogens is 1. The molecule has 0 saturated heterocycles. The number of amides is 1. The molecule has 10 nitrogen and oxygen atoms in total. The number of likely N-dealkylation sites (N-methyl/N-ethyl adjacent to an activating group) is 2. The van der Waals surface area contributed by atoms with E-state index >= 15 is 0 Å². The van der Waals surface area contributed by atoms with Crippen molar-refractivity contribution >= 4 is 34.7 Å². The number of nitrogens with one attached hydrogen (secondary N) is 3. The van der Waals surface area contributed by atoms with E-state index in [1.807, 2.05) is 32.1 Å². The van der Waals surface area contributed by atoms with Gasteiger partial charge in [0.05, 0.1) is 30.4 Å². The molecule has 0 radical (unpaired) electrons. The number of nitriles is 1. The van der Waals surface area contributed by atoms with E-state index in [0.29, 0.717) is 42.2 Å². The molecular formula is C25H31FN8O2. The number of benzene rings is 1. The summed E-state index contributed by atoms with van der Waals surface area (Å²) in [4.78, 5) is 25.0. The van der Waals surface area contributed by atoms with Crippen LogP contribution in [0.25, 0.3) is 0 Å². The number of rotatable bonds is 11. The number of ether oxygens (including phenoxy) is 1. The summed E-state index contributed by atoms with van der Waals surface area (Å²) < 4.78 is 19.6. The molecule has 2 aromatic rings. The van der Waals surface area contributed by atoms with E-state index < -0.39 is 5.67 Å². The monoisotopic (exact) mass is 494 g/mol. The number of methoxy groups -OCH3 is 1. The number of alkyl halides is 1. The summed E-state index contributed by atoms with van der Waals surface area (Å²) in [6, 6.07) is 5.65. The highest BCUT2D eigenvalue weighted by Crippen LogP contribution is 2.64. The standard InChI is InChI=1S/C25H31FN8O2/c1-6-21(35)29-17-9-18(20(36-5)10-19(17)34(4)8-7-33(2)3)30-23-28-12-16(11-27)22(31-23)32-25-13-24(26,14-25)15-25/h6,9-10,12H,1,7-8,13-15H2,2-5H3,(H,29,35)(H2,28,30,31,32). The lowest BCUT2D eigenvalue weighted by molar-refractivity contribution is -0.137. The minimum Gasteiger partial charge on any atom is -0.494 e. The fraction of sp³-hybridized carbons (Fsp3) is 0.440. The Hall–Kier alpha value is -3.91. The number of carbonyl (C=O) groups is 1. The molecule has 5 rings (SSSR count). The van der Waals surface area contributed by atoms with Crippen molar-refractivity contribution in [1.82, 2.24) is 14.9 Å². The van der Waals surface area contributed by atoms with Crippen LogP contribution in [-0.2, 0) is 4.79 Å². The van der Waals surface area contributed by atoms with Crippen molar-refractivity contribution in [2.24, 2.45) is 0 Å². The van der Waals surface area contributed by atoms with Gasteiger partial charge >= 0.3 is 0 Å². The highest BCUT2D eigenvalue weighted by Gasteiger charge is 2.69. The van der Waals surface area contributed by atoms with Gasteiger partial charge in [-0.15, -0.1) is 0 Å². The molecule has 2 bridgehead atoms. The fourth-order valence-corrected chi connectivity index (χ4v) is 4.69. The Labute approximate surface area is 210 Å². The minimum atomic E-state index is -1.07. The summed E-state index contributed by atoms with van der Waals surface area (Å²) in [7, 11) is 7.47. The molecule has 0 aliphatic heterocycles. The number of nitrogens with zero attached hydrogens (tertiary/aromatic N) is 5. The lowest BCUT2D eigenvalue weighted by Crippen LogP contribution is -2.73. The van der Waals surface area contributed by atoms with Crippen LogP contribution in [-0.4, -0.2) is 73.3 Å². The highest BCUT2D eigenvalue weighted by molar-refractivity contribution is 6.02. The third-order valence-electron chi connectivity index (χ3n) is 6.56. The predicted molar refractivity (Wildman–Crippen MR) is 138 cm³/mol. The average molecular weight is 495 g/mol. The smallest absolute Gasteiger partial charge is 0.247 e. The molecule has 3 aliphatic rings. The van der Waals surface area contributed by atoms with Crippen LogP contribution in [0.5, 0.6) is 5.75 Å². The van der Waals surface area contributed by atoms with Gasteiger partial charge in [-0.05, 0) is 26.2 Å². The molecular weight excluding hydrogens is 463 g/mol. The van der Waals surface area contributed by atoms with Crippen molar-refractivity contribution in [2.45, 2.75) is 30.5 Å². The largest absolute Gasteiger partial charge is 0.494 e. The van der Waals surface area contributed by atoms with E-state index in [9.17, 15) is 14.4 Å². The SMILES string of the molecule is C=CC(=O)Nc1cc(Nc2ncc(C#N)c(NC34CC(F)(C3)C4)n2)c(OC)cc1N(C)CCN(C)C. The molecule has 3 fully saturated rings. The van der Waals surface area contributed by atoms with Gasteiger partial charge in [-0.2, -0.15) is 10.2 Å². The number of aromatic nitrogens is 2. The predicted octanol–water partition coefficient (Wildman–Crippen LogP) is 3.28. The van der Waals surface area contributed by atoms with Crippen molar-refractivity contribution in [1.29, 1.82) is 5.26 Å². The van der Waals surface area contributed by atoms with Crippen LogP contribution < -0.4 is 25.6 Å². The van der Waals surface area contributed by atoms with Gasteiger partial charge in [-0.25, -0.2) is 9.37 Å². The third kappa shape index (κ3) is 5.04. The second-order valence-corrected chi connectivity index (χ2v) is 9.77. The Morgan fingerprint density at radius 2 is 2.00 bits per heavy atom. The Kier molecular flexibility index (Phi) is 6.73. The lowest BCUT2D eigenvalue weighted by atomic mass is 9.47. The van der Waals surface area contributed by atoms with Gasteiger partial charge in [0.25, 0.3) is 0 Å². The molecule has 3 aliphatic carbocycles. The number of anilines is 5. The summed E-state index contributed by atoms with van der Waals surface area (Å²) in [5.74, 6) is 0.750. The quantitative estimate of drug-likeness (QED) is 0.404. The minimum absolute atomic E-state index is 0.228. The molecule has 0 atom stereocenters. The summed E-state index contributed by atoms with van der Waals surface area (Å²) in [5, 5.41) is 18.7. The first-order valence-electron chi connectivity index (χ1n) is 11.6. The van der Waals surface area contributed by atoms with Crippen LogP contribution in [0.1, 0.15) is 24.8 Å². The summed E-state index contributed by atoms with van der Waals surface area (Å²) in [6.45, 7) is 5.07. The van der Waals surface area contributed by atoms with E-state index in [-0.39, 0.29) is 23.0 Å². The van der Waals surface area contributed by atoms with E-state index in [0.717, 1.165) is 18.8 Å². The van der Waals surface area contributed by atoms with Crippen molar-refractivity contribution in [3.8, 4) is 11.8 Å². The van der Waals surface area contributed by atoms with E-state index in [1.54, 1.807) is 13.2 Å². The maximum Gasteiger partial charge on any atom is 0.247 e. The second-order valence-electron chi connectivity index (χ2n) is 9.77. The van der Waals surface area contributed by atoms with Crippen molar-refractivity contribution in [3.63, 3.8) is 0 Å². The zero-order chi connectivity index (χ0) is 26.1. The van der Waals surface area contributed by atoms with E-state index in [4.69, 9.17) is 4.74 Å². The van der Waals surface area contributed by atoms with Gasteiger partial charge in [0.2, 0.25) is 11.9 Å². The molecule has 190 valence electrons. The van der Waals surface area contributed by atoms with Gasteiger partial charge in [-0.1, -0.05) is 6.58 Å². The molecule has 1 aromatic heterocycles. The summed E-state index contributed by atoms with van der Waals surface area (Å²) >= 11 is 0. The van der Waals surface area contributed by atoms with Crippen LogP contribution in [0, 0.1) is 11.3 Å². The normalized spacial score (nSPS) is 21.5. The first-order chi connectivity index (χ1) is 17.1. The first kappa shape index (κ1) is 25.2. The van der Waals surface area contributed by atoms with Crippen LogP contribution in [0.4, 0.5) is 33.2 Å². The fourth-order valence-electron chi connectivity index (χ4n) is 4.69. The molecule has 1 amide bonds. The Morgan fingerprint density at radius 1 is 1.28 bits per heavy atom. The molecule has 1 aromatic carbocycles. The molecule has 0 unspecified atom stereocenters. The van der Waals surface area contributed by atoms with Gasteiger partial charge in [0, 0.05) is 51.0 Å². The third-order valence-corrected chi connectivity index (χ3v) is 6.56. The topological polar surface area (TPSA) is 118 Å². The zero-order valence-electron chi connectivity index (χ0n) is 21.0.